The lowest BCUT2D eigenvalue weighted by Crippen LogP contribution is -2.67. The van der Waals surface area contributed by atoms with E-state index in [2.05, 4.69) is 41.6 Å². The van der Waals surface area contributed by atoms with E-state index in [1.807, 2.05) is 6.07 Å². The molecule has 6 atom stereocenters. The molecule has 3 N–H and O–H groups in total. The number of fused-ring (bicyclic) bond motifs is 1. The van der Waals surface area contributed by atoms with Gasteiger partial charge in [0.15, 0.2) is 0 Å². The van der Waals surface area contributed by atoms with E-state index < -0.39 is 0 Å². The van der Waals surface area contributed by atoms with Crippen molar-refractivity contribution in [3.63, 3.8) is 0 Å². The van der Waals surface area contributed by atoms with Gasteiger partial charge in [0.05, 0.1) is 0 Å². The van der Waals surface area contributed by atoms with Crippen LogP contribution in [0.25, 0.3) is 0 Å². The van der Waals surface area contributed by atoms with E-state index in [1.54, 1.807) is 0 Å². The zero-order valence-corrected chi connectivity index (χ0v) is 17.6. The molecule has 2 saturated heterocycles. The maximum atomic E-state index is 10.4. The standard InChI is InChI=1S/C24H37N3O/c1-3-19-22(25-2)9-8-20-23-13-16-6-7-18(28)14-21(16)24(19,20)10-12-27(23)15-17-5-4-11-26-17/h6-7,14,17,19-20,22-23,25-26,28H,3-5,8-13,15H2,1-2H3. The molecule has 4 nitrogen and oxygen atoms in total. The number of aromatic hydroxyl groups is 1. The van der Waals surface area contributed by atoms with Crippen LogP contribution in [0.3, 0.4) is 0 Å². The summed E-state index contributed by atoms with van der Waals surface area (Å²) < 4.78 is 0. The van der Waals surface area contributed by atoms with Crippen LogP contribution in [0, 0.1) is 11.8 Å². The smallest absolute Gasteiger partial charge is 0.115 e. The molecule has 0 radical (unpaired) electrons. The number of phenols is 1. The Bertz CT molecular complexity index is 716. The fourth-order valence-corrected chi connectivity index (χ4v) is 7.73. The van der Waals surface area contributed by atoms with E-state index in [0.29, 0.717) is 29.8 Å². The second kappa shape index (κ2) is 7.30. The van der Waals surface area contributed by atoms with Crippen LogP contribution in [-0.4, -0.2) is 54.8 Å². The van der Waals surface area contributed by atoms with Crippen molar-refractivity contribution in [2.45, 2.75) is 75.4 Å². The highest BCUT2D eigenvalue weighted by Gasteiger charge is 2.59. The number of hydrogen-bond donors (Lipinski definition) is 3. The summed E-state index contributed by atoms with van der Waals surface area (Å²) in [6.45, 7) is 6.01. The molecule has 0 spiro atoms. The molecular formula is C24H37N3O. The van der Waals surface area contributed by atoms with Gasteiger partial charge in [0.1, 0.15) is 5.75 Å². The van der Waals surface area contributed by atoms with Crippen LogP contribution in [0.5, 0.6) is 5.75 Å². The van der Waals surface area contributed by atoms with Gasteiger partial charge in [0.25, 0.3) is 0 Å². The predicted molar refractivity (Wildman–Crippen MR) is 114 cm³/mol. The lowest BCUT2D eigenvalue weighted by atomic mass is 9.47. The lowest BCUT2D eigenvalue weighted by Gasteiger charge is -2.63. The molecule has 154 valence electrons. The fourth-order valence-electron chi connectivity index (χ4n) is 7.73. The molecular weight excluding hydrogens is 346 g/mol. The number of nitrogens with one attached hydrogen (secondary N) is 2. The number of hydrogen-bond acceptors (Lipinski definition) is 4. The van der Waals surface area contributed by atoms with Gasteiger partial charge in [-0.3, -0.25) is 4.90 Å². The molecule has 6 unspecified atom stereocenters. The first-order valence-corrected chi connectivity index (χ1v) is 11.6. The molecule has 1 aromatic rings. The van der Waals surface area contributed by atoms with Crippen LogP contribution in [0.2, 0.25) is 0 Å². The van der Waals surface area contributed by atoms with Crippen molar-refractivity contribution in [1.82, 2.24) is 15.5 Å². The summed E-state index contributed by atoms with van der Waals surface area (Å²) in [6, 6.07) is 8.21. The summed E-state index contributed by atoms with van der Waals surface area (Å²) in [5.74, 6) is 1.84. The lowest BCUT2D eigenvalue weighted by molar-refractivity contribution is -0.0568. The van der Waals surface area contributed by atoms with Crippen LogP contribution in [0.15, 0.2) is 18.2 Å². The van der Waals surface area contributed by atoms with Crippen molar-refractivity contribution in [3.05, 3.63) is 29.3 Å². The van der Waals surface area contributed by atoms with E-state index in [9.17, 15) is 5.11 Å². The summed E-state index contributed by atoms with van der Waals surface area (Å²) in [5.41, 5.74) is 3.22. The van der Waals surface area contributed by atoms with Gasteiger partial charge >= 0.3 is 0 Å². The minimum absolute atomic E-state index is 0.233. The maximum absolute atomic E-state index is 10.4. The number of benzene rings is 1. The summed E-state index contributed by atoms with van der Waals surface area (Å²) in [6.07, 6.45) is 8.90. The summed E-state index contributed by atoms with van der Waals surface area (Å²) >= 11 is 0. The largest absolute Gasteiger partial charge is 0.508 e. The third-order valence-corrected chi connectivity index (χ3v) is 8.80. The van der Waals surface area contributed by atoms with Gasteiger partial charge in [-0.2, -0.15) is 0 Å². The van der Waals surface area contributed by atoms with E-state index in [4.69, 9.17) is 0 Å². The van der Waals surface area contributed by atoms with Crippen molar-refractivity contribution in [2.75, 3.05) is 26.7 Å². The monoisotopic (exact) mass is 383 g/mol. The van der Waals surface area contributed by atoms with E-state index >= 15 is 0 Å². The van der Waals surface area contributed by atoms with Crippen molar-refractivity contribution < 1.29 is 5.11 Å². The van der Waals surface area contributed by atoms with Crippen molar-refractivity contribution in [3.8, 4) is 5.75 Å². The van der Waals surface area contributed by atoms with E-state index in [1.165, 1.54) is 69.3 Å². The molecule has 28 heavy (non-hydrogen) atoms. The van der Waals surface area contributed by atoms with Crippen LogP contribution in [0.1, 0.15) is 56.6 Å². The Morgan fingerprint density at radius 2 is 2.18 bits per heavy atom. The van der Waals surface area contributed by atoms with Crippen molar-refractivity contribution in [2.24, 2.45) is 11.8 Å². The maximum Gasteiger partial charge on any atom is 0.115 e. The average molecular weight is 384 g/mol. The molecule has 0 aromatic heterocycles. The number of nitrogens with zero attached hydrogens (tertiary/aromatic N) is 1. The Morgan fingerprint density at radius 1 is 1.29 bits per heavy atom. The normalized spacial score (nSPS) is 40.1. The average Bonchev–Trinajstić information content (AvgIpc) is 3.22. The molecule has 1 aromatic carbocycles. The van der Waals surface area contributed by atoms with Crippen LogP contribution < -0.4 is 10.6 Å². The number of phenolic OH excluding ortho intramolecular Hbond substituents is 1. The highest BCUT2D eigenvalue weighted by Crippen LogP contribution is 2.59. The Kier molecular flexibility index (Phi) is 4.93. The quantitative estimate of drug-likeness (QED) is 0.748. The Labute approximate surface area is 170 Å². The molecule has 2 aliphatic carbocycles. The zero-order chi connectivity index (χ0) is 19.3. The van der Waals surface area contributed by atoms with E-state index in [-0.39, 0.29) is 5.41 Å². The molecule has 1 saturated carbocycles. The summed E-state index contributed by atoms with van der Waals surface area (Å²) in [4.78, 5) is 2.84. The molecule has 2 heterocycles. The third-order valence-electron chi connectivity index (χ3n) is 8.80. The molecule has 4 heteroatoms. The SMILES string of the molecule is CCC1C(NC)CCC2C3Cc4ccc(O)cc4C12CCN3CC1CCCN1. The van der Waals surface area contributed by atoms with Gasteiger partial charge in [0, 0.05) is 30.1 Å². The topological polar surface area (TPSA) is 47.5 Å². The van der Waals surface area contributed by atoms with E-state index in [0.717, 1.165) is 12.3 Å². The van der Waals surface area contributed by atoms with Crippen molar-refractivity contribution in [1.29, 1.82) is 0 Å². The zero-order valence-electron chi connectivity index (χ0n) is 17.6. The number of likely N-dealkylation sites (tertiary alicyclic amines) is 1. The van der Waals surface area contributed by atoms with Crippen LogP contribution in [0.4, 0.5) is 0 Å². The molecule has 2 bridgehead atoms. The Morgan fingerprint density at radius 3 is 2.93 bits per heavy atom. The highest BCUT2D eigenvalue weighted by molar-refractivity contribution is 5.46. The Balaban J connectivity index is 1.57. The number of rotatable bonds is 4. The van der Waals surface area contributed by atoms with Gasteiger partial charge in [-0.1, -0.05) is 19.4 Å². The molecule has 0 amide bonds. The second-order valence-electron chi connectivity index (χ2n) is 9.79. The van der Waals surface area contributed by atoms with Gasteiger partial charge in [-0.25, -0.2) is 0 Å². The van der Waals surface area contributed by atoms with Crippen LogP contribution in [-0.2, 0) is 11.8 Å². The fraction of sp³-hybridized carbons (Fsp3) is 0.750. The first kappa shape index (κ1) is 18.9. The minimum atomic E-state index is 0.233. The van der Waals surface area contributed by atoms with Gasteiger partial charge in [-0.15, -0.1) is 0 Å². The second-order valence-corrected chi connectivity index (χ2v) is 9.79. The van der Waals surface area contributed by atoms with Crippen LogP contribution >= 0.6 is 0 Å². The number of piperidine rings is 1. The minimum Gasteiger partial charge on any atom is -0.508 e. The van der Waals surface area contributed by atoms with Gasteiger partial charge in [0.2, 0.25) is 0 Å². The highest BCUT2D eigenvalue weighted by atomic mass is 16.3. The Hall–Kier alpha value is -1.10. The summed E-state index contributed by atoms with van der Waals surface area (Å²) in [5, 5.41) is 17.8. The molecule has 4 aliphatic rings. The molecule has 5 rings (SSSR count). The molecule has 3 fully saturated rings. The first-order chi connectivity index (χ1) is 13.7. The van der Waals surface area contributed by atoms with Crippen molar-refractivity contribution >= 4 is 0 Å². The predicted octanol–water partition coefficient (Wildman–Crippen LogP) is 3.04. The summed E-state index contributed by atoms with van der Waals surface area (Å²) in [7, 11) is 2.15. The third kappa shape index (κ3) is 2.75. The van der Waals surface area contributed by atoms with Gasteiger partial charge < -0.3 is 15.7 Å². The molecule has 2 aliphatic heterocycles. The first-order valence-electron chi connectivity index (χ1n) is 11.6. The van der Waals surface area contributed by atoms with Gasteiger partial charge in [-0.05, 0) is 93.8 Å².